The van der Waals surface area contributed by atoms with Gasteiger partial charge in [-0.15, -0.1) is 0 Å². The Morgan fingerprint density at radius 2 is 1.80 bits per heavy atom. The standard InChI is InChI=1S/C18H18F3N5O4/c19-18(20,21)10-3-1-9(2-4-10)5-22-15-12-16(24-7-23-15)26(8-25-12)17-14(29)13(28)11(6-27)30-17/h1-4,7-8,11,13-14,17,27-29H,5-6H2,(H,22,23,24)/t11-,13-,14-,17-/m1/s1. The minimum Gasteiger partial charge on any atom is -0.394 e. The molecule has 0 radical (unpaired) electrons. The van der Waals surface area contributed by atoms with E-state index in [9.17, 15) is 28.5 Å². The molecule has 1 fully saturated rings. The molecule has 0 amide bonds. The minimum absolute atomic E-state index is 0.199. The zero-order valence-corrected chi connectivity index (χ0v) is 15.4. The quantitative estimate of drug-likeness (QED) is 0.478. The Bertz CT molecular complexity index is 1030. The summed E-state index contributed by atoms with van der Waals surface area (Å²) in [6.45, 7) is -0.263. The number of hydrogen-bond donors (Lipinski definition) is 4. The first kappa shape index (κ1) is 20.5. The molecule has 4 N–H and O–H groups in total. The SMILES string of the molecule is OC[C@H]1O[C@@H](n2cnc3c(NCc4ccc(C(F)(F)F)cc4)ncnc32)[C@H](O)[C@@H]1O. The van der Waals surface area contributed by atoms with Crippen LogP contribution in [0.25, 0.3) is 11.2 Å². The third-order valence-corrected chi connectivity index (χ3v) is 4.89. The lowest BCUT2D eigenvalue weighted by atomic mass is 10.1. The number of nitrogens with one attached hydrogen (secondary N) is 1. The molecule has 4 atom stereocenters. The molecule has 0 aliphatic carbocycles. The summed E-state index contributed by atoms with van der Waals surface area (Å²) in [6, 6.07) is 4.74. The molecule has 1 aliphatic rings. The Morgan fingerprint density at radius 3 is 2.43 bits per heavy atom. The van der Waals surface area contributed by atoms with Crippen molar-refractivity contribution < 1.29 is 33.2 Å². The van der Waals surface area contributed by atoms with E-state index in [1.165, 1.54) is 29.4 Å². The van der Waals surface area contributed by atoms with Gasteiger partial charge in [0, 0.05) is 6.54 Å². The van der Waals surface area contributed by atoms with Crippen LogP contribution in [-0.2, 0) is 17.5 Å². The van der Waals surface area contributed by atoms with E-state index in [0.717, 1.165) is 12.1 Å². The number of rotatable bonds is 5. The lowest BCUT2D eigenvalue weighted by Crippen LogP contribution is -2.33. The van der Waals surface area contributed by atoms with Crippen LogP contribution in [0.15, 0.2) is 36.9 Å². The molecule has 0 unspecified atom stereocenters. The van der Waals surface area contributed by atoms with Gasteiger partial charge in [0.25, 0.3) is 0 Å². The van der Waals surface area contributed by atoms with Crippen molar-refractivity contribution in [1.29, 1.82) is 0 Å². The number of aromatic nitrogens is 4. The summed E-state index contributed by atoms with van der Waals surface area (Å²) in [5, 5.41) is 32.4. The summed E-state index contributed by atoms with van der Waals surface area (Å²) in [5.41, 5.74) is 0.544. The first-order chi connectivity index (χ1) is 14.3. The van der Waals surface area contributed by atoms with Gasteiger partial charge >= 0.3 is 6.18 Å². The highest BCUT2D eigenvalue weighted by molar-refractivity contribution is 5.82. The first-order valence-corrected chi connectivity index (χ1v) is 8.99. The van der Waals surface area contributed by atoms with Crippen LogP contribution in [-0.4, -0.2) is 59.8 Å². The van der Waals surface area contributed by atoms with Crippen molar-refractivity contribution >= 4 is 17.0 Å². The molecule has 0 spiro atoms. The van der Waals surface area contributed by atoms with E-state index in [-0.39, 0.29) is 6.54 Å². The van der Waals surface area contributed by atoms with E-state index in [1.54, 1.807) is 0 Å². The van der Waals surface area contributed by atoms with Crippen LogP contribution in [0.5, 0.6) is 0 Å². The molecule has 12 heteroatoms. The van der Waals surface area contributed by atoms with Crippen LogP contribution in [0, 0.1) is 0 Å². The molecule has 4 rings (SSSR count). The van der Waals surface area contributed by atoms with E-state index >= 15 is 0 Å². The van der Waals surface area contributed by atoms with Crippen LogP contribution >= 0.6 is 0 Å². The Labute approximate surface area is 167 Å². The Balaban J connectivity index is 1.54. The van der Waals surface area contributed by atoms with Gasteiger partial charge in [-0.05, 0) is 17.7 Å². The second kappa shape index (κ2) is 7.80. The maximum Gasteiger partial charge on any atom is 0.416 e. The maximum absolute atomic E-state index is 12.7. The Kier molecular flexibility index (Phi) is 5.32. The van der Waals surface area contributed by atoms with Crippen LogP contribution in [0.2, 0.25) is 0 Å². The van der Waals surface area contributed by atoms with Gasteiger partial charge in [0.2, 0.25) is 0 Å². The smallest absolute Gasteiger partial charge is 0.394 e. The number of imidazole rings is 1. The summed E-state index contributed by atoms with van der Waals surface area (Å²) in [4.78, 5) is 12.5. The van der Waals surface area contributed by atoms with Gasteiger partial charge in [-0.1, -0.05) is 12.1 Å². The normalized spacial score (nSPS) is 24.5. The highest BCUT2D eigenvalue weighted by atomic mass is 19.4. The highest BCUT2D eigenvalue weighted by Crippen LogP contribution is 2.32. The van der Waals surface area contributed by atoms with Gasteiger partial charge in [0.05, 0.1) is 18.5 Å². The van der Waals surface area contributed by atoms with Crippen LogP contribution in [0.3, 0.4) is 0 Å². The zero-order valence-electron chi connectivity index (χ0n) is 15.4. The van der Waals surface area contributed by atoms with Crippen molar-refractivity contribution in [3.8, 4) is 0 Å². The van der Waals surface area contributed by atoms with Crippen LogP contribution in [0.1, 0.15) is 17.4 Å². The van der Waals surface area contributed by atoms with E-state index < -0.39 is 42.9 Å². The van der Waals surface area contributed by atoms with E-state index in [2.05, 4.69) is 20.3 Å². The Hall–Kier alpha value is -2.80. The summed E-state index contributed by atoms with van der Waals surface area (Å²) >= 11 is 0. The third kappa shape index (κ3) is 3.69. The number of nitrogens with zero attached hydrogens (tertiary/aromatic N) is 4. The van der Waals surface area contributed by atoms with Gasteiger partial charge in [0.15, 0.2) is 23.2 Å². The molecule has 30 heavy (non-hydrogen) atoms. The average Bonchev–Trinajstić information content (AvgIpc) is 3.27. The van der Waals surface area contributed by atoms with E-state index in [0.29, 0.717) is 22.5 Å². The fourth-order valence-electron chi connectivity index (χ4n) is 3.27. The second-order valence-electron chi connectivity index (χ2n) is 6.82. The lowest BCUT2D eigenvalue weighted by Gasteiger charge is -2.16. The van der Waals surface area contributed by atoms with Crippen molar-refractivity contribution in [2.75, 3.05) is 11.9 Å². The van der Waals surface area contributed by atoms with Crippen molar-refractivity contribution in [3.05, 3.63) is 48.0 Å². The number of fused-ring (bicyclic) bond motifs is 1. The molecule has 1 saturated heterocycles. The van der Waals surface area contributed by atoms with Crippen molar-refractivity contribution in [1.82, 2.24) is 19.5 Å². The molecule has 1 aromatic carbocycles. The number of alkyl halides is 3. The number of anilines is 1. The molecule has 2 aromatic heterocycles. The monoisotopic (exact) mass is 425 g/mol. The summed E-state index contributed by atoms with van der Waals surface area (Å²) < 4.78 is 44.9. The van der Waals surface area contributed by atoms with Gasteiger partial charge in [-0.2, -0.15) is 13.2 Å². The third-order valence-electron chi connectivity index (χ3n) is 4.89. The number of halogens is 3. The fourth-order valence-corrected chi connectivity index (χ4v) is 3.27. The number of hydrogen-bond acceptors (Lipinski definition) is 8. The summed E-state index contributed by atoms with van der Waals surface area (Å²) in [5.74, 6) is 0.338. The largest absolute Gasteiger partial charge is 0.416 e. The van der Waals surface area contributed by atoms with Gasteiger partial charge in [-0.3, -0.25) is 4.57 Å². The number of aliphatic hydroxyl groups is 3. The fraction of sp³-hybridized carbons (Fsp3) is 0.389. The molecule has 1 aliphatic heterocycles. The molecule has 0 saturated carbocycles. The van der Waals surface area contributed by atoms with Crippen molar-refractivity contribution in [2.24, 2.45) is 0 Å². The van der Waals surface area contributed by atoms with Crippen LogP contribution < -0.4 is 5.32 Å². The average molecular weight is 425 g/mol. The molecular weight excluding hydrogens is 407 g/mol. The predicted molar refractivity (Wildman–Crippen MR) is 97.1 cm³/mol. The summed E-state index contributed by atoms with van der Waals surface area (Å²) in [6.07, 6.45) is -6.27. The molecule has 9 nitrogen and oxygen atoms in total. The van der Waals surface area contributed by atoms with Gasteiger partial charge in [-0.25, -0.2) is 15.0 Å². The maximum atomic E-state index is 12.7. The number of ether oxygens (including phenoxy) is 1. The summed E-state index contributed by atoms with van der Waals surface area (Å²) in [7, 11) is 0. The second-order valence-corrected chi connectivity index (χ2v) is 6.82. The van der Waals surface area contributed by atoms with Gasteiger partial charge < -0.3 is 25.4 Å². The first-order valence-electron chi connectivity index (χ1n) is 8.99. The van der Waals surface area contributed by atoms with E-state index in [1.807, 2.05) is 0 Å². The minimum atomic E-state index is -4.40. The number of benzene rings is 1. The molecular formula is C18H18F3N5O4. The molecule has 3 aromatic rings. The number of aliphatic hydroxyl groups excluding tert-OH is 3. The van der Waals surface area contributed by atoms with Crippen molar-refractivity contribution in [2.45, 2.75) is 37.3 Å². The predicted octanol–water partition coefficient (Wildman–Crippen LogP) is 1.07. The van der Waals surface area contributed by atoms with E-state index in [4.69, 9.17) is 4.74 Å². The van der Waals surface area contributed by atoms with Gasteiger partial charge in [0.1, 0.15) is 24.6 Å². The molecule has 160 valence electrons. The highest BCUT2D eigenvalue weighted by Gasteiger charge is 2.44. The Morgan fingerprint density at radius 1 is 1.07 bits per heavy atom. The lowest BCUT2D eigenvalue weighted by molar-refractivity contribution is -0.137. The molecule has 0 bridgehead atoms. The topological polar surface area (TPSA) is 126 Å². The zero-order chi connectivity index (χ0) is 21.5. The molecule has 3 heterocycles. The van der Waals surface area contributed by atoms with Crippen LogP contribution in [0.4, 0.5) is 19.0 Å². The van der Waals surface area contributed by atoms with Crippen molar-refractivity contribution in [3.63, 3.8) is 0 Å².